The third-order valence-corrected chi connectivity index (χ3v) is 2.52. The SMILES string of the molecule is CCOC(=O)CNC(=O)Cn1nc2ccccn2c1=O. The number of nitrogens with one attached hydrogen (secondary N) is 1. The standard InChI is InChI=1S/C12H14N4O4/c1-2-20-11(18)7-13-10(17)8-16-12(19)15-6-4-3-5-9(15)14-16/h3-6H,2,7-8H2,1H3,(H,13,17). The van der Waals surface area contributed by atoms with E-state index in [1.807, 2.05) is 0 Å². The first-order chi connectivity index (χ1) is 9.61. The second-order valence-electron chi connectivity index (χ2n) is 3.95. The number of carbonyl (C=O) groups is 2. The molecule has 8 heteroatoms. The second-order valence-corrected chi connectivity index (χ2v) is 3.95. The zero-order valence-electron chi connectivity index (χ0n) is 10.9. The van der Waals surface area contributed by atoms with Crippen LogP contribution in [0, 0.1) is 0 Å². The van der Waals surface area contributed by atoms with Gasteiger partial charge in [-0.2, -0.15) is 0 Å². The first-order valence-corrected chi connectivity index (χ1v) is 6.08. The molecule has 0 saturated heterocycles. The van der Waals surface area contributed by atoms with Gasteiger partial charge in [0.2, 0.25) is 5.91 Å². The Morgan fingerprint density at radius 2 is 2.20 bits per heavy atom. The summed E-state index contributed by atoms with van der Waals surface area (Å²) in [6, 6.07) is 5.10. The number of aromatic nitrogens is 3. The fourth-order valence-corrected chi connectivity index (χ4v) is 1.65. The molecule has 2 heterocycles. The summed E-state index contributed by atoms with van der Waals surface area (Å²) in [5, 5.41) is 6.37. The van der Waals surface area contributed by atoms with E-state index >= 15 is 0 Å². The molecule has 0 atom stereocenters. The fourth-order valence-electron chi connectivity index (χ4n) is 1.65. The van der Waals surface area contributed by atoms with E-state index in [1.165, 1.54) is 4.40 Å². The molecular weight excluding hydrogens is 264 g/mol. The predicted octanol–water partition coefficient (Wildman–Crippen LogP) is -0.825. The first kappa shape index (κ1) is 13.8. The van der Waals surface area contributed by atoms with Gasteiger partial charge >= 0.3 is 11.7 Å². The summed E-state index contributed by atoms with van der Waals surface area (Å²) in [4.78, 5) is 34.6. The molecule has 0 saturated carbocycles. The third-order valence-electron chi connectivity index (χ3n) is 2.52. The highest BCUT2D eigenvalue weighted by Gasteiger charge is 2.11. The van der Waals surface area contributed by atoms with Gasteiger partial charge in [0.05, 0.1) is 6.61 Å². The molecular formula is C12H14N4O4. The molecule has 0 aliphatic rings. The van der Waals surface area contributed by atoms with Crippen molar-refractivity contribution >= 4 is 17.5 Å². The van der Waals surface area contributed by atoms with Crippen LogP contribution < -0.4 is 11.0 Å². The molecule has 0 aromatic carbocycles. The predicted molar refractivity (Wildman–Crippen MR) is 69.1 cm³/mol. The molecule has 0 spiro atoms. The van der Waals surface area contributed by atoms with Crippen molar-refractivity contribution in [3.05, 3.63) is 34.9 Å². The summed E-state index contributed by atoms with van der Waals surface area (Å²) >= 11 is 0. The van der Waals surface area contributed by atoms with Gasteiger partial charge in [0.15, 0.2) is 5.65 Å². The molecule has 1 N–H and O–H groups in total. The molecule has 0 fully saturated rings. The Balaban J connectivity index is 2.01. The van der Waals surface area contributed by atoms with Crippen LogP contribution in [0.1, 0.15) is 6.92 Å². The van der Waals surface area contributed by atoms with Crippen LogP contribution in [0.15, 0.2) is 29.2 Å². The third kappa shape index (κ3) is 3.02. The Labute approximate surface area is 114 Å². The summed E-state index contributed by atoms with van der Waals surface area (Å²) in [6.45, 7) is 1.45. The van der Waals surface area contributed by atoms with E-state index in [1.54, 1.807) is 31.3 Å². The maximum absolute atomic E-state index is 11.9. The topological polar surface area (TPSA) is 94.7 Å². The lowest BCUT2D eigenvalue weighted by atomic mass is 10.5. The van der Waals surface area contributed by atoms with Crippen LogP contribution in [0.5, 0.6) is 0 Å². The smallest absolute Gasteiger partial charge is 0.350 e. The molecule has 8 nitrogen and oxygen atoms in total. The maximum atomic E-state index is 11.9. The van der Waals surface area contributed by atoms with Crippen molar-refractivity contribution in [3.8, 4) is 0 Å². The van der Waals surface area contributed by atoms with Gasteiger partial charge in [-0.15, -0.1) is 5.10 Å². The van der Waals surface area contributed by atoms with Crippen molar-refractivity contribution < 1.29 is 14.3 Å². The number of ether oxygens (including phenoxy) is 1. The van der Waals surface area contributed by atoms with Crippen molar-refractivity contribution in [3.63, 3.8) is 0 Å². The Morgan fingerprint density at radius 3 is 2.90 bits per heavy atom. The number of pyridine rings is 1. The Hall–Kier alpha value is -2.64. The lowest BCUT2D eigenvalue weighted by molar-refractivity contribution is -0.143. The summed E-state index contributed by atoms with van der Waals surface area (Å²) < 4.78 is 7.04. The van der Waals surface area contributed by atoms with Crippen LogP contribution in [-0.4, -0.2) is 39.2 Å². The van der Waals surface area contributed by atoms with Gasteiger partial charge in [-0.25, -0.2) is 9.48 Å². The van der Waals surface area contributed by atoms with Gasteiger partial charge in [-0.05, 0) is 19.1 Å². The molecule has 106 valence electrons. The Morgan fingerprint density at radius 1 is 1.40 bits per heavy atom. The molecule has 1 amide bonds. The van der Waals surface area contributed by atoms with Crippen LogP contribution in [0.2, 0.25) is 0 Å². The van der Waals surface area contributed by atoms with Gasteiger partial charge in [0.1, 0.15) is 13.1 Å². The van der Waals surface area contributed by atoms with Gasteiger partial charge < -0.3 is 10.1 Å². The minimum absolute atomic E-state index is 0.227. The van der Waals surface area contributed by atoms with Crippen LogP contribution in [0.3, 0.4) is 0 Å². The van der Waals surface area contributed by atoms with E-state index in [9.17, 15) is 14.4 Å². The molecule has 2 rings (SSSR count). The lowest BCUT2D eigenvalue weighted by Gasteiger charge is -2.04. The number of fused-ring (bicyclic) bond motifs is 1. The first-order valence-electron chi connectivity index (χ1n) is 6.08. The van der Waals surface area contributed by atoms with Crippen molar-refractivity contribution in [2.45, 2.75) is 13.5 Å². The number of nitrogens with zero attached hydrogens (tertiary/aromatic N) is 3. The fraction of sp³-hybridized carbons (Fsp3) is 0.333. The largest absolute Gasteiger partial charge is 0.465 e. The van der Waals surface area contributed by atoms with E-state index in [-0.39, 0.29) is 19.7 Å². The van der Waals surface area contributed by atoms with E-state index in [2.05, 4.69) is 15.2 Å². The summed E-state index contributed by atoms with van der Waals surface area (Å²) in [7, 11) is 0. The minimum atomic E-state index is -0.525. The van der Waals surface area contributed by atoms with Crippen molar-refractivity contribution in [1.29, 1.82) is 0 Å². The van der Waals surface area contributed by atoms with E-state index < -0.39 is 17.6 Å². The van der Waals surface area contributed by atoms with Crippen LogP contribution in [-0.2, 0) is 20.9 Å². The van der Waals surface area contributed by atoms with Crippen LogP contribution in [0.4, 0.5) is 0 Å². The van der Waals surface area contributed by atoms with E-state index in [0.29, 0.717) is 5.65 Å². The number of amides is 1. The second kappa shape index (κ2) is 6.00. The number of rotatable bonds is 5. The molecule has 0 bridgehead atoms. The lowest BCUT2D eigenvalue weighted by Crippen LogP contribution is -2.36. The van der Waals surface area contributed by atoms with Crippen LogP contribution >= 0.6 is 0 Å². The van der Waals surface area contributed by atoms with Crippen molar-refractivity contribution in [2.75, 3.05) is 13.2 Å². The molecule has 0 radical (unpaired) electrons. The summed E-state index contributed by atoms with van der Waals surface area (Å²) in [6.07, 6.45) is 1.57. The number of hydrogen-bond donors (Lipinski definition) is 1. The van der Waals surface area contributed by atoms with Crippen molar-refractivity contribution in [2.24, 2.45) is 0 Å². The highest BCUT2D eigenvalue weighted by Crippen LogP contribution is 1.94. The van der Waals surface area contributed by atoms with E-state index in [4.69, 9.17) is 0 Å². The normalized spacial score (nSPS) is 10.4. The average molecular weight is 278 g/mol. The summed E-state index contributed by atoms with van der Waals surface area (Å²) in [5.74, 6) is -1.01. The highest BCUT2D eigenvalue weighted by atomic mass is 16.5. The minimum Gasteiger partial charge on any atom is -0.465 e. The monoisotopic (exact) mass is 278 g/mol. The van der Waals surface area contributed by atoms with Crippen LogP contribution in [0.25, 0.3) is 5.65 Å². The molecule has 20 heavy (non-hydrogen) atoms. The molecule has 0 aliphatic heterocycles. The number of esters is 1. The molecule has 0 unspecified atom stereocenters. The zero-order valence-corrected chi connectivity index (χ0v) is 10.9. The number of carbonyl (C=O) groups excluding carboxylic acids is 2. The highest BCUT2D eigenvalue weighted by molar-refractivity contribution is 5.81. The van der Waals surface area contributed by atoms with Crippen molar-refractivity contribution in [1.82, 2.24) is 19.5 Å². The van der Waals surface area contributed by atoms with Gasteiger partial charge in [-0.1, -0.05) is 6.07 Å². The Bertz CT molecular complexity index is 688. The molecule has 2 aromatic rings. The Kier molecular flexibility index (Phi) is 4.14. The summed E-state index contributed by atoms with van der Waals surface area (Å²) in [5.41, 5.74) is 0.0441. The van der Waals surface area contributed by atoms with Gasteiger partial charge in [0.25, 0.3) is 0 Å². The molecule has 2 aromatic heterocycles. The maximum Gasteiger partial charge on any atom is 0.350 e. The number of hydrogen-bond acceptors (Lipinski definition) is 5. The van der Waals surface area contributed by atoms with Gasteiger partial charge in [-0.3, -0.25) is 14.0 Å². The molecule has 0 aliphatic carbocycles. The average Bonchev–Trinajstić information content (AvgIpc) is 2.74. The van der Waals surface area contributed by atoms with Gasteiger partial charge in [0, 0.05) is 6.20 Å². The van der Waals surface area contributed by atoms with E-state index in [0.717, 1.165) is 4.68 Å². The quantitative estimate of drug-likeness (QED) is 0.721. The zero-order chi connectivity index (χ0) is 14.5.